The highest BCUT2D eigenvalue weighted by Crippen LogP contribution is 2.15. The van der Waals surface area contributed by atoms with E-state index in [0.717, 1.165) is 16.9 Å². The zero-order valence-corrected chi connectivity index (χ0v) is 16.1. The number of benzene rings is 2. The third kappa shape index (κ3) is 3.64. The molecule has 0 aliphatic heterocycles. The molecule has 0 atom stereocenters. The van der Waals surface area contributed by atoms with Crippen molar-refractivity contribution in [3.8, 4) is 17.8 Å². The molecule has 0 saturated heterocycles. The number of rotatable bonds is 3. The van der Waals surface area contributed by atoms with Gasteiger partial charge in [-0.1, -0.05) is 44.2 Å². The number of halogens is 1. The van der Waals surface area contributed by atoms with E-state index in [1.807, 2.05) is 24.3 Å². The molecule has 6 heteroatoms. The number of aromatic nitrogens is 1. The van der Waals surface area contributed by atoms with E-state index in [1.54, 1.807) is 30.3 Å². The number of thiazole rings is 1. The zero-order valence-electron chi connectivity index (χ0n) is 15.3. The van der Waals surface area contributed by atoms with Crippen molar-refractivity contribution in [3.05, 3.63) is 85.0 Å². The lowest BCUT2D eigenvalue weighted by Crippen LogP contribution is -2.30. The van der Waals surface area contributed by atoms with Crippen LogP contribution in [0.5, 0.6) is 0 Å². The summed E-state index contributed by atoms with van der Waals surface area (Å²) in [7, 11) is 0. The van der Waals surface area contributed by atoms with Crippen molar-refractivity contribution in [1.82, 2.24) is 4.57 Å². The highest BCUT2D eigenvalue weighted by Gasteiger charge is 2.12. The van der Waals surface area contributed by atoms with Crippen LogP contribution in [0, 0.1) is 28.5 Å². The van der Waals surface area contributed by atoms with Crippen molar-refractivity contribution < 1.29 is 4.39 Å². The molecule has 0 aliphatic rings. The zero-order chi connectivity index (χ0) is 20.3. The van der Waals surface area contributed by atoms with Gasteiger partial charge in [0.15, 0.2) is 5.57 Å². The van der Waals surface area contributed by atoms with Crippen LogP contribution in [-0.2, 0) is 0 Å². The first-order chi connectivity index (χ1) is 13.5. The summed E-state index contributed by atoms with van der Waals surface area (Å²) in [6, 6.07) is 17.2. The first kappa shape index (κ1) is 19.3. The van der Waals surface area contributed by atoms with Gasteiger partial charge in [0.2, 0.25) is 0 Å². The molecule has 3 rings (SSSR count). The predicted molar refractivity (Wildman–Crippen MR) is 108 cm³/mol. The number of nitrogens with zero attached hydrogens (tertiary/aromatic N) is 3. The van der Waals surface area contributed by atoms with E-state index in [2.05, 4.69) is 13.8 Å². The summed E-state index contributed by atoms with van der Waals surface area (Å²) >= 11 is 0.998. The van der Waals surface area contributed by atoms with Gasteiger partial charge < -0.3 is 0 Å². The van der Waals surface area contributed by atoms with Crippen LogP contribution < -0.4 is 14.8 Å². The second-order valence-electron chi connectivity index (χ2n) is 6.42. The molecule has 0 spiro atoms. The number of hydrogen-bond acceptors (Lipinski definition) is 4. The second-order valence-corrected chi connectivity index (χ2v) is 7.45. The van der Waals surface area contributed by atoms with Crippen molar-refractivity contribution in [2.24, 2.45) is 0 Å². The van der Waals surface area contributed by atoms with E-state index in [1.165, 1.54) is 16.7 Å². The maximum Gasteiger partial charge on any atom is 0.273 e. The molecule has 0 bridgehead atoms. The summed E-state index contributed by atoms with van der Waals surface area (Å²) in [5.74, 6) is -0.118. The van der Waals surface area contributed by atoms with E-state index in [0.29, 0.717) is 11.6 Å². The topological polar surface area (TPSA) is 69.6 Å². The van der Waals surface area contributed by atoms with E-state index in [-0.39, 0.29) is 20.3 Å². The average molecular weight is 389 g/mol. The minimum atomic E-state index is -0.450. The monoisotopic (exact) mass is 389 g/mol. The fourth-order valence-electron chi connectivity index (χ4n) is 2.75. The largest absolute Gasteiger partial charge is 0.273 e. The van der Waals surface area contributed by atoms with Gasteiger partial charge >= 0.3 is 0 Å². The van der Waals surface area contributed by atoms with Gasteiger partial charge in [0.25, 0.3) is 5.56 Å². The summed E-state index contributed by atoms with van der Waals surface area (Å²) in [6.45, 7) is 4.13. The summed E-state index contributed by atoms with van der Waals surface area (Å²) in [4.78, 5) is 13.0. The molecule has 2 aromatic carbocycles. The Morgan fingerprint density at radius 2 is 1.75 bits per heavy atom. The Balaban J connectivity index is 2.34. The molecule has 0 fully saturated rings. The summed E-state index contributed by atoms with van der Waals surface area (Å²) in [5, 5.41) is 18.6. The lowest BCUT2D eigenvalue weighted by atomic mass is 10.0. The van der Waals surface area contributed by atoms with E-state index in [4.69, 9.17) is 0 Å². The van der Waals surface area contributed by atoms with Crippen molar-refractivity contribution in [3.63, 3.8) is 0 Å². The van der Waals surface area contributed by atoms with E-state index < -0.39 is 11.4 Å². The Morgan fingerprint density at radius 1 is 1.11 bits per heavy atom. The maximum absolute atomic E-state index is 14.0. The average Bonchev–Trinajstić information content (AvgIpc) is 3.01. The molecule has 28 heavy (non-hydrogen) atoms. The Hall–Kier alpha value is -3.48. The quantitative estimate of drug-likeness (QED) is 0.691. The fourth-order valence-corrected chi connectivity index (χ4v) is 3.79. The van der Waals surface area contributed by atoms with Gasteiger partial charge in [0.1, 0.15) is 22.6 Å². The number of nitriles is 2. The summed E-state index contributed by atoms with van der Waals surface area (Å²) in [5.41, 5.74) is 1.37. The smallest absolute Gasteiger partial charge is 0.267 e. The lowest BCUT2D eigenvalue weighted by molar-refractivity contribution is 0.625. The molecule has 0 N–H and O–H groups in total. The first-order valence-corrected chi connectivity index (χ1v) is 9.41. The molecule has 0 amide bonds. The van der Waals surface area contributed by atoms with Crippen molar-refractivity contribution in [1.29, 1.82) is 10.5 Å². The van der Waals surface area contributed by atoms with E-state index in [9.17, 15) is 19.7 Å². The molecule has 0 unspecified atom stereocenters. The van der Waals surface area contributed by atoms with Crippen molar-refractivity contribution >= 4 is 23.0 Å². The van der Waals surface area contributed by atoms with Gasteiger partial charge in [-0.25, -0.2) is 4.39 Å². The SMILES string of the molecule is CC(C)c1ccc(-n2c(=C(C#N)C#N)s/c(=C/c3ccccc3F)c2=O)cc1. The normalized spacial score (nSPS) is 11.3. The van der Waals surface area contributed by atoms with Crippen LogP contribution >= 0.6 is 11.3 Å². The van der Waals surface area contributed by atoms with Gasteiger partial charge in [0.05, 0.1) is 10.2 Å². The van der Waals surface area contributed by atoms with Crippen LogP contribution in [-0.4, -0.2) is 4.57 Å². The number of hydrogen-bond donors (Lipinski definition) is 0. The molecule has 0 aliphatic carbocycles. The Labute approximate surface area is 165 Å². The maximum atomic E-state index is 14.0. The van der Waals surface area contributed by atoms with Crippen LogP contribution in [0.15, 0.2) is 53.3 Å². The Kier molecular flexibility index (Phi) is 5.54. The summed E-state index contributed by atoms with van der Waals surface area (Å²) in [6.07, 6.45) is 1.44. The van der Waals surface area contributed by atoms with Crippen LogP contribution in [0.3, 0.4) is 0 Å². The molecule has 3 aromatic rings. The molecular formula is C22H16FN3OS. The second kappa shape index (κ2) is 8.04. The van der Waals surface area contributed by atoms with E-state index >= 15 is 0 Å². The fraction of sp³-hybridized carbons (Fsp3) is 0.136. The van der Waals surface area contributed by atoms with Gasteiger partial charge in [-0.05, 0) is 35.8 Å². The van der Waals surface area contributed by atoms with Crippen LogP contribution in [0.4, 0.5) is 4.39 Å². The van der Waals surface area contributed by atoms with Crippen LogP contribution in [0.1, 0.15) is 30.9 Å². The van der Waals surface area contributed by atoms with Gasteiger partial charge in [-0.2, -0.15) is 10.5 Å². The van der Waals surface area contributed by atoms with Crippen LogP contribution in [0.25, 0.3) is 17.3 Å². The van der Waals surface area contributed by atoms with Crippen LogP contribution in [0.2, 0.25) is 0 Å². The Morgan fingerprint density at radius 3 is 2.32 bits per heavy atom. The molecule has 0 saturated carbocycles. The van der Waals surface area contributed by atoms with Crippen molar-refractivity contribution in [2.75, 3.05) is 0 Å². The third-order valence-corrected chi connectivity index (χ3v) is 5.36. The first-order valence-electron chi connectivity index (χ1n) is 8.59. The molecule has 4 nitrogen and oxygen atoms in total. The minimum absolute atomic E-state index is 0.164. The lowest BCUT2D eigenvalue weighted by Gasteiger charge is -2.07. The molecule has 138 valence electrons. The molecule has 1 heterocycles. The Bertz CT molecular complexity index is 1270. The highest BCUT2D eigenvalue weighted by molar-refractivity contribution is 7.07. The molecule has 0 radical (unpaired) electrons. The third-order valence-electron chi connectivity index (χ3n) is 4.27. The molecule has 1 aromatic heterocycles. The highest BCUT2D eigenvalue weighted by atomic mass is 32.1. The van der Waals surface area contributed by atoms with Gasteiger partial charge in [0, 0.05) is 5.56 Å². The summed E-state index contributed by atoms with van der Waals surface area (Å²) < 4.78 is 15.8. The molecular weight excluding hydrogens is 373 g/mol. The van der Waals surface area contributed by atoms with Crippen molar-refractivity contribution in [2.45, 2.75) is 19.8 Å². The standard InChI is InChI=1S/C22H16FN3OS/c1-14(2)15-7-9-18(10-8-15)26-21(27)20(28-22(26)17(12-24)13-25)11-16-5-3-4-6-19(16)23/h3-11,14H,1-2H3/b20-11+. The predicted octanol–water partition coefficient (Wildman–Crippen LogP) is 3.19. The van der Waals surface area contributed by atoms with Gasteiger partial charge in [-0.15, -0.1) is 11.3 Å². The minimum Gasteiger partial charge on any atom is -0.267 e. The van der Waals surface area contributed by atoms with Gasteiger partial charge in [-0.3, -0.25) is 9.36 Å².